The Kier molecular flexibility index (Phi) is 12.9. The molecule has 1 unspecified atom stereocenters. The van der Waals surface area contributed by atoms with Crippen LogP contribution in [0.25, 0.3) is 14.5 Å². The summed E-state index contributed by atoms with van der Waals surface area (Å²) in [5.41, 5.74) is 18.9. The summed E-state index contributed by atoms with van der Waals surface area (Å²) in [6.07, 6.45) is 6.65. The molecule has 0 saturated heterocycles. The van der Waals surface area contributed by atoms with Crippen LogP contribution in [0.3, 0.4) is 0 Å². The standard InChI is InChI=1S/3C22H23N3O/c3*1-13-19-17(25-24-13)9-14-11-21(2,3)12-18(26)20(14)22(19,4)15-7-6-8-16(10-15)23-5/h3*6-8,10H,9,11-12H2,1-4H3,(H,24,25)/t2*22-;/m10./s1. The van der Waals surface area contributed by atoms with Gasteiger partial charge in [0.15, 0.2) is 34.4 Å². The zero-order valence-electron chi connectivity index (χ0n) is 47.2. The van der Waals surface area contributed by atoms with E-state index in [9.17, 15) is 14.4 Å². The first-order valence-electron chi connectivity index (χ1n) is 27.1. The minimum absolute atomic E-state index is 0.0158. The molecule has 12 nitrogen and oxygen atoms in total. The van der Waals surface area contributed by atoms with Crippen LogP contribution in [0.1, 0.15) is 168 Å². The summed E-state index contributed by atoms with van der Waals surface area (Å²) in [5.74, 6) is 0.703. The lowest BCUT2D eigenvalue weighted by molar-refractivity contribution is -0.119. The molecule has 0 amide bonds. The minimum atomic E-state index is -0.561. The maximum atomic E-state index is 13.3. The molecular formula is C66H69N9O3. The summed E-state index contributed by atoms with van der Waals surface area (Å²) in [6.45, 7) is 47.6. The van der Waals surface area contributed by atoms with Crippen LogP contribution in [-0.4, -0.2) is 47.9 Å². The van der Waals surface area contributed by atoms with Gasteiger partial charge < -0.3 is 0 Å². The van der Waals surface area contributed by atoms with Gasteiger partial charge in [-0.1, -0.05) is 131 Å². The quantitative estimate of drug-likeness (QED) is 0.150. The molecule has 3 aromatic heterocycles. The van der Waals surface area contributed by atoms with Crippen LogP contribution in [0.4, 0.5) is 17.1 Å². The molecule has 396 valence electrons. The van der Waals surface area contributed by atoms with Crippen LogP contribution in [0.2, 0.25) is 0 Å². The number of aromatic amines is 3. The van der Waals surface area contributed by atoms with Gasteiger partial charge >= 0.3 is 0 Å². The van der Waals surface area contributed by atoms with Crippen molar-refractivity contribution >= 4 is 34.4 Å². The Hall–Kier alpha value is -8.01. The largest absolute Gasteiger partial charge is 0.294 e. The number of benzene rings is 3. The van der Waals surface area contributed by atoms with Gasteiger partial charge in [-0.3, -0.25) is 29.7 Å². The van der Waals surface area contributed by atoms with E-state index >= 15 is 0 Å². The van der Waals surface area contributed by atoms with Gasteiger partial charge in [0.05, 0.1) is 36.8 Å². The Morgan fingerprint density at radius 1 is 0.410 bits per heavy atom. The third-order valence-corrected chi connectivity index (χ3v) is 17.8. The molecule has 6 aliphatic carbocycles. The number of H-pyrrole nitrogens is 3. The lowest BCUT2D eigenvalue weighted by Gasteiger charge is -2.44. The Labute approximate surface area is 458 Å². The van der Waals surface area contributed by atoms with Crippen LogP contribution in [0, 0.1) is 56.7 Å². The zero-order valence-corrected chi connectivity index (χ0v) is 47.2. The van der Waals surface area contributed by atoms with E-state index in [2.05, 4.69) is 107 Å². The predicted octanol–water partition coefficient (Wildman–Crippen LogP) is 14.5. The molecule has 3 N–H and O–H groups in total. The fourth-order valence-corrected chi connectivity index (χ4v) is 15.0. The predicted molar refractivity (Wildman–Crippen MR) is 304 cm³/mol. The van der Waals surface area contributed by atoms with Gasteiger partial charge in [0, 0.05) is 105 Å². The molecule has 0 spiro atoms. The van der Waals surface area contributed by atoms with E-state index in [0.717, 1.165) is 123 Å². The highest BCUT2D eigenvalue weighted by atomic mass is 16.1. The SMILES string of the molecule is [C-]#[N+]c1cccc(C2(C)C3=C(Cc4n[nH]c(C)c42)CC(C)(C)CC3=O)c1.[C-]#[N+]c1cccc([C@@]2(C)C3=C(Cc4n[nH]c(C)c42)CC(C)(C)CC3=O)c1.[C-]#[N+]c1cccc([C@]2(C)C3=C(Cc4n[nH]c(C)c42)CC(C)(C)CC3=O)c1. The number of aryl methyl sites for hydroxylation is 3. The Morgan fingerprint density at radius 2 is 0.667 bits per heavy atom. The molecule has 6 aliphatic rings. The molecule has 78 heavy (non-hydrogen) atoms. The second-order valence-corrected chi connectivity index (χ2v) is 25.7. The van der Waals surface area contributed by atoms with Crippen molar-refractivity contribution in [2.24, 2.45) is 16.2 Å². The van der Waals surface area contributed by atoms with Crippen molar-refractivity contribution in [1.29, 1.82) is 0 Å². The maximum Gasteiger partial charge on any atom is 0.187 e. The van der Waals surface area contributed by atoms with Crippen molar-refractivity contribution in [3.8, 4) is 0 Å². The van der Waals surface area contributed by atoms with Crippen molar-refractivity contribution in [2.45, 2.75) is 157 Å². The number of fused-ring (bicyclic) bond motifs is 3. The summed E-state index contributed by atoms with van der Waals surface area (Å²) in [5, 5.41) is 23.0. The normalized spacial score (nSPS) is 24.0. The van der Waals surface area contributed by atoms with E-state index in [1.54, 1.807) is 0 Å². The van der Waals surface area contributed by atoms with Gasteiger partial charge in [0.1, 0.15) is 0 Å². The van der Waals surface area contributed by atoms with Crippen LogP contribution in [0.15, 0.2) is 106 Å². The number of rotatable bonds is 3. The number of hydrogen-bond donors (Lipinski definition) is 3. The van der Waals surface area contributed by atoms with E-state index in [0.29, 0.717) is 36.3 Å². The van der Waals surface area contributed by atoms with Crippen molar-refractivity contribution < 1.29 is 14.4 Å². The monoisotopic (exact) mass is 1040 g/mol. The molecule has 0 aliphatic heterocycles. The molecule has 0 fully saturated rings. The summed E-state index contributed by atoms with van der Waals surface area (Å²) in [7, 11) is 0. The smallest absolute Gasteiger partial charge is 0.187 e. The number of carbonyl (C=O) groups excluding carboxylic acids is 3. The van der Waals surface area contributed by atoms with E-state index in [1.165, 1.54) is 16.7 Å². The first-order chi connectivity index (χ1) is 36.8. The van der Waals surface area contributed by atoms with Crippen LogP contribution < -0.4 is 0 Å². The lowest BCUT2D eigenvalue weighted by Crippen LogP contribution is -2.41. The third-order valence-electron chi connectivity index (χ3n) is 17.8. The van der Waals surface area contributed by atoms with Gasteiger partial charge in [-0.2, -0.15) is 15.3 Å². The lowest BCUT2D eigenvalue weighted by atomic mass is 9.58. The van der Waals surface area contributed by atoms with Crippen molar-refractivity contribution in [1.82, 2.24) is 30.6 Å². The first-order valence-corrected chi connectivity index (χ1v) is 27.1. The van der Waals surface area contributed by atoms with Gasteiger partial charge in [0.2, 0.25) is 0 Å². The topological polar surface area (TPSA) is 150 Å². The second kappa shape index (κ2) is 18.9. The number of Topliss-reactive ketones (excluding diaryl/α,β-unsaturated/α-hetero) is 3. The average molecular weight is 1040 g/mol. The van der Waals surface area contributed by atoms with E-state index < -0.39 is 16.2 Å². The van der Waals surface area contributed by atoms with Gasteiger partial charge in [-0.15, -0.1) is 0 Å². The fourth-order valence-electron chi connectivity index (χ4n) is 15.0. The van der Waals surface area contributed by atoms with E-state index in [1.807, 2.05) is 93.6 Å². The Bertz CT molecular complexity index is 3400. The van der Waals surface area contributed by atoms with Gasteiger partial charge in [-0.05, 0) is 93.7 Å². The van der Waals surface area contributed by atoms with Gasteiger partial charge in [0.25, 0.3) is 0 Å². The van der Waals surface area contributed by atoms with Gasteiger partial charge in [-0.25, -0.2) is 14.5 Å². The molecule has 3 heterocycles. The molecule has 0 radical (unpaired) electrons. The summed E-state index contributed by atoms with van der Waals surface area (Å²) in [4.78, 5) is 50.6. The zero-order chi connectivity index (χ0) is 56.1. The summed E-state index contributed by atoms with van der Waals surface area (Å²) < 4.78 is 0. The Morgan fingerprint density at radius 3 is 0.910 bits per heavy atom. The second-order valence-electron chi connectivity index (χ2n) is 25.7. The molecule has 0 bridgehead atoms. The fraction of sp³-hybridized carbons (Fsp3) is 0.409. The highest BCUT2D eigenvalue weighted by Crippen LogP contribution is 2.56. The number of aromatic nitrogens is 6. The molecule has 3 aromatic carbocycles. The molecule has 6 aromatic rings. The average Bonchev–Trinajstić information content (AvgIpc) is 4.10. The first kappa shape index (κ1) is 53.4. The van der Waals surface area contributed by atoms with Crippen molar-refractivity contribution in [3.05, 3.63) is 208 Å². The number of nitrogens with zero attached hydrogens (tertiary/aromatic N) is 6. The number of hydrogen-bond acceptors (Lipinski definition) is 6. The number of carbonyl (C=O) groups is 3. The van der Waals surface area contributed by atoms with Crippen molar-refractivity contribution in [2.75, 3.05) is 0 Å². The van der Waals surface area contributed by atoms with Crippen LogP contribution in [0.5, 0.6) is 0 Å². The summed E-state index contributed by atoms with van der Waals surface area (Å²) in [6, 6.07) is 23.0. The maximum absolute atomic E-state index is 13.3. The number of allylic oxidation sites excluding steroid dienone is 6. The molecule has 3 atom stereocenters. The highest BCUT2D eigenvalue weighted by molar-refractivity contribution is 6.03. The molecular weight excluding hydrogens is 967 g/mol. The highest BCUT2D eigenvalue weighted by Gasteiger charge is 2.52. The van der Waals surface area contributed by atoms with Crippen LogP contribution in [-0.2, 0) is 49.9 Å². The van der Waals surface area contributed by atoms with E-state index in [-0.39, 0.29) is 33.6 Å². The van der Waals surface area contributed by atoms with E-state index in [4.69, 9.17) is 19.7 Å². The third kappa shape index (κ3) is 8.73. The molecule has 12 rings (SSSR count). The minimum Gasteiger partial charge on any atom is -0.294 e. The number of nitrogens with one attached hydrogen (secondary N) is 3. The Balaban J connectivity index is 0.000000132. The molecule has 0 saturated carbocycles. The summed E-state index contributed by atoms with van der Waals surface area (Å²) >= 11 is 0. The molecule has 12 heteroatoms. The van der Waals surface area contributed by atoms with Crippen molar-refractivity contribution in [3.63, 3.8) is 0 Å². The number of ketones is 3. The van der Waals surface area contributed by atoms with Crippen LogP contribution >= 0.6 is 0 Å².